The highest BCUT2D eigenvalue weighted by molar-refractivity contribution is 6.31. The first-order valence-electron chi connectivity index (χ1n) is 10.2. The molecular weight excluding hydrogens is 426 g/mol. The maximum Gasteiger partial charge on any atom is 0.331 e. The number of hydrogen-bond donors (Lipinski definition) is 1. The van der Waals surface area contributed by atoms with E-state index in [0.717, 1.165) is 33.4 Å². The number of ether oxygens (including phenoxy) is 1. The zero-order valence-electron chi connectivity index (χ0n) is 17.8. The number of aromatic amines is 1. The summed E-state index contributed by atoms with van der Waals surface area (Å²) in [6.45, 7) is 4.02. The van der Waals surface area contributed by atoms with Crippen LogP contribution >= 0.6 is 11.6 Å². The molecule has 0 atom stereocenters. The number of aromatic nitrogens is 3. The molecular formula is C25H22ClN3O3. The second-order valence-electron chi connectivity index (χ2n) is 7.45. The van der Waals surface area contributed by atoms with Gasteiger partial charge in [-0.05, 0) is 37.6 Å². The molecule has 0 unspecified atom stereocenters. The molecule has 1 N–H and O–H groups in total. The Morgan fingerprint density at radius 1 is 1.12 bits per heavy atom. The van der Waals surface area contributed by atoms with E-state index in [0.29, 0.717) is 17.1 Å². The molecule has 4 rings (SSSR count). The van der Waals surface area contributed by atoms with Crippen molar-refractivity contribution in [3.8, 4) is 0 Å². The molecule has 0 saturated carbocycles. The number of aryl methyl sites for hydroxylation is 1. The van der Waals surface area contributed by atoms with Gasteiger partial charge in [-0.15, -0.1) is 0 Å². The number of esters is 1. The highest BCUT2D eigenvalue weighted by Crippen LogP contribution is 2.21. The van der Waals surface area contributed by atoms with Gasteiger partial charge in [-0.1, -0.05) is 48.0 Å². The number of para-hydroxylation sites is 1. The standard InChI is InChI=1S/C25H22ClN3O3/c1-16-19(17(2)29(28-16)14-18-7-3-5-9-22(18)26)11-12-25(31)32-15-24(30)21-13-27-23-10-6-4-8-20(21)23/h3-13,27H,14-15H2,1-2H3. The molecule has 2 heterocycles. The largest absolute Gasteiger partial charge is 0.454 e. The third kappa shape index (κ3) is 4.50. The number of carbonyl (C=O) groups is 2. The number of fused-ring (bicyclic) bond motifs is 1. The fourth-order valence-electron chi connectivity index (χ4n) is 3.61. The minimum Gasteiger partial charge on any atom is -0.454 e. The number of H-pyrrole nitrogens is 1. The van der Waals surface area contributed by atoms with Gasteiger partial charge in [-0.3, -0.25) is 9.48 Å². The van der Waals surface area contributed by atoms with Crippen LogP contribution in [0.5, 0.6) is 0 Å². The number of rotatable bonds is 7. The molecule has 0 amide bonds. The van der Waals surface area contributed by atoms with Crippen LogP contribution in [0.15, 0.2) is 60.8 Å². The Bertz CT molecular complexity index is 1330. The summed E-state index contributed by atoms with van der Waals surface area (Å²) in [5.74, 6) is -0.847. The first-order valence-corrected chi connectivity index (χ1v) is 10.5. The third-order valence-corrected chi connectivity index (χ3v) is 5.71. The van der Waals surface area contributed by atoms with E-state index in [1.54, 1.807) is 12.3 Å². The Morgan fingerprint density at radius 2 is 1.88 bits per heavy atom. The second kappa shape index (κ2) is 9.24. The van der Waals surface area contributed by atoms with Crippen molar-refractivity contribution in [2.45, 2.75) is 20.4 Å². The first-order chi connectivity index (χ1) is 15.4. The summed E-state index contributed by atoms with van der Waals surface area (Å²) in [6.07, 6.45) is 4.62. The predicted molar refractivity (Wildman–Crippen MR) is 125 cm³/mol. The van der Waals surface area contributed by atoms with E-state index >= 15 is 0 Å². The summed E-state index contributed by atoms with van der Waals surface area (Å²) in [5, 5.41) is 6.05. The van der Waals surface area contributed by atoms with Crippen LogP contribution in [0.25, 0.3) is 17.0 Å². The number of benzene rings is 2. The van der Waals surface area contributed by atoms with Crippen molar-refractivity contribution in [3.63, 3.8) is 0 Å². The smallest absolute Gasteiger partial charge is 0.331 e. The van der Waals surface area contributed by atoms with Crippen LogP contribution < -0.4 is 0 Å². The van der Waals surface area contributed by atoms with Crippen LogP contribution in [0.4, 0.5) is 0 Å². The first kappa shape index (κ1) is 21.6. The van der Waals surface area contributed by atoms with Gasteiger partial charge in [0.15, 0.2) is 6.61 Å². The van der Waals surface area contributed by atoms with Crippen LogP contribution in [0.1, 0.15) is 32.9 Å². The normalized spacial score (nSPS) is 11.3. The molecule has 32 heavy (non-hydrogen) atoms. The summed E-state index contributed by atoms with van der Waals surface area (Å²) in [7, 11) is 0. The van der Waals surface area contributed by atoms with E-state index in [9.17, 15) is 9.59 Å². The fraction of sp³-hybridized carbons (Fsp3) is 0.160. The highest BCUT2D eigenvalue weighted by Gasteiger charge is 2.14. The number of halogens is 1. The Hall–Kier alpha value is -3.64. The summed E-state index contributed by atoms with van der Waals surface area (Å²) < 4.78 is 7.01. The lowest BCUT2D eigenvalue weighted by atomic mass is 10.1. The van der Waals surface area contributed by atoms with E-state index in [-0.39, 0.29) is 12.4 Å². The Labute approximate surface area is 190 Å². The van der Waals surface area contributed by atoms with E-state index in [4.69, 9.17) is 16.3 Å². The minimum atomic E-state index is -0.587. The van der Waals surface area contributed by atoms with Crippen molar-refractivity contribution in [1.82, 2.24) is 14.8 Å². The van der Waals surface area contributed by atoms with Gasteiger partial charge in [0.05, 0.1) is 12.2 Å². The van der Waals surface area contributed by atoms with Gasteiger partial charge in [0, 0.05) is 45.0 Å². The second-order valence-corrected chi connectivity index (χ2v) is 7.85. The zero-order chi connectivity index (χ0) is 22.7. The maximum absolute atomic E-state index is 12.5. The van der Waals surface area contributed by atoms with Crippen LogP contribution in [0, 0.1) is 13.8 Å². The van der Waals surface area contributed by atoms with Gasteiger partial charge >= 0.3 is 5.97 Å². The van der Waals surface area contributed by atoms with E-state index in [1.165, 1.54) is 6.08 Å². The van der Waals surface area contributed by atoms with Crippen molar-refractivity contribution in [2.75, 3.05) is 6.61 Å². The molecule has 162 valence electrons. The number of carbonyl (C=O) groups excluding carboxylic acids is 2. The lowest BCUT2D eigenvalue weighted by molar-refractivity contribution is -0.136. The summed E-state index contributed by atoms with van der Waals surface area (Å²) >= 11 is 6.26. The molecule has 4 aromatic rings. The Morgan fingerprint density at radius 3 is 2.69 bits per heavy atom. The van der Waals surface area contributed by atoms with Crippen molar-refractivity contribution in [3.05, 3.63) is 93.9 Å². The summed E-state index contributed by atoms with van der Waals surface area (Å²) in [4.78, 5) is 27.7. The van der Waals surface area contributed by atoms with Crippen LogP contribution in [-0.2, 0) is 16.1 Å². The van der Waals surface area contributed by atoms with Crippen molar-refractivity contribution < 1.29 is 14.3 Å². The van der Waals surface area contributed by atoms with Gasteiger partial charge in [0.2, 0.25) is 5.78 Å². The topological polar surface area (TPSA) is 77.0 Å². The zero-order valence-corrected chi connectivity index (χ0v) is 18.5. The predicted octanol–water partition coefficient (Wildman–Crippen LogP) is 5.12. The summed E-state index contributed by atoms with van der Waals surface area (Å²) in [5.41, 5.74) is 4.85. The molecule has 0 saturated heterocycles. The quantitative estimate of drug-likeness (QED) is 0.242. The molecule has 2 aromatic carbocycles. The molecule has 0 fully saturated rings. The number of nitrogens with zero attached hydrogens (tertiary/aromatic N) is 2. The molecule has 6 nitrogen and oxygen atoms in total. The van der Waals surface area contributed by atoms with Gasteiger partial charge in [0.25, 0.3) is 0 Å². The molecule has 0 bridgehead atoms. The molecule has 0 radical (unpaired) electrons. The van der Waals surface area contributed by atoms with Gasteiger partial charge in [-0.2, -0.15) is 5.10 Å². The number of Topliss-reactive ketones (excluding diaryl/α,β-unsaturated/α-hetero) is 1. The van der Waals surface area contributed by atoms with Gasteiger partial charge in [-0.25, -0.2) is 4.79 Å². The lowest BCUT2D eigenvalue weighted by Gasteiger charge is -2.06. The Balaban J connectivity index is 1.41. The molecule has 2 aromatic heterocycles. The van der Waals surface area contributed by atoms with E-state index < -0.39 is 5.97 Å². The minimum absolute atomic E-state index is 0.260. The number of ketones is 1. The van der Waals surface area contributed by atoms with Gasteiger partial charge < -0.3 is 9.72 Å². The Kier molecular flexibility index (Phi) is 6.23. The average molecular weight is 448 g/mol. The van der Waals surface area contributed by atoms with Crippen LogP contribution in [0.2, 0.25) is 5.02 Å². The van der Waals surface area contributed by atoms with Crippen LogP contribution in [0.3, 0.4) is 0 Å². The average Bonchev–Trinajstić information content (AvgIpc) is 3.33. The molecule has 0 aliphatic heterocycles. The van der Waals surface area contributed by atoms with Crippen LogP contribution in [-0.4, -0.2) is 33.1 Å². The third-order valence-electron chi connectivity index (χ3n) is 5.34. The maximum atomic E-state index is 12.5. The monoisotopic (exact) mass is 447 g/mol. The SMILES string of the molecule is Cc1nn(Cc2ccccc2Cl)c(C)c1C=CC(=O)OCC(=O)c1c[nH]c2ccccc12. The van der Waals surface area contributed by atoms with E-state index in [1.807, 2.05) is 67.1 Å². The van der Waals surface area contributed by atoms with Crippen molar-refractivity contribution in [2.24, 2.45) is 0 Å². The lowest BCUT2D eigenvalue weighted by Crippen LogP contribution is -2.12. The molecule has 0 aliphatic rings. The van der Waals surface area contributed by atoms with Crippen molar-refractivity contribution in [1.29, 1.82) is 0 Å². The number of hydrogen-bond acceptors (Lipinski definition) is 4. The van der Waals surface area contributed by atoms with Crippen molar-refractivity contribution >= 4 is 40.3 Å². The fourth-order valence-corrected chi connectivity index (χ4v) is 3.81. The van der Waals surface area contributed by atoms with E-state index in [2.05, 4.69) is 10.1 Å². The van der Waals surface area contributed by atoms with Gasteiger partial charge in [0.1, 0.15) is 0 Å². The molecule has 0 aliphatic carbocycles. The molecule has 7 heteroatoms. The molecule has 0 spiro atoms. The summed E-state index contributed by atoms with van der Waals surface area (Å²) in [6, 6.07) is 15.1. The number of nitrogens with one attached hydrogen (secondary N) is 1. The highest BCUT2D eigenvalue weighted by atomic mass is 35.5.